The van der Waals surface area contributed by atoms with Crippen LogP contribution < -0.4 is 0 Å². The zero-order valence-corrected chi connectivity index (χ0v) is 4.50. The fraction of sp³-hybridized carbons (Fsp3) is 0. The first-order chi connectivity index (χ1) is 3.93. The standard InChI is InChI=1S/C7H7O/c1-8-7-5-3-2-4-6-7/h2-6H,1H2/q+1. The number of para-hydroxylation sites is 1. The highest BCUT2D eigenvalue weighted by Crippen LogP contribution is 2.05. The average Bonchev–Trinajstić information content (AvgIpc) is 1.90. The maximum absolute atomic E-state index is 4.66. The third-order valence-corrected chi connectivity index (χ3v) is 0.910. The quantitative estimate of drug-likeness (QED) is 0.484. The second-order valence-corrected chi connectivity index (χ2v) is 1.46. The van der Waals surface area contributed by atoms with Crippen molar-refractivity contribution in [1.82, 2.24) is 0 Å². The summed E-state index contributed by atoms with van der Waals surface area (Å²) in [5.41, 5.74) is 0. The molecule has 1 heteroatoms. The van der Waals surface area contributed by atoms with Gasteiger partial charge in [-0.3, -0.25) is 0 Å². The second-order valence-electron chi connectivity index (χ2n) is 1.46. The number of benzene rings is 1. The van der Waals surface area contributed by atoms with Gasteiger partial charge in [0.2, 0.25) is 0 Å². The van der Waals surface area contributed by atoms with Crippen LogP contribution >= 0.6 is 0 Å². The molecule has 0 aromatic heterocycles. The van der Waals surface area contributed by atoms with E-state index in [1.165, 1.54) is 0 Å². The van der Waals surface area contributed by atoms with Gasteiger partial charge in [-0.1, -0.05) is 18.2 Å². The van der Waals surface area contributed by atoms with E-state index in [0.29, 0.717) is 0 Å². The van der Waals surface area contributed by atoms with E-state index in [0.717, 1.165) is 5.75 Å². The summed E-state index contributed by atoms with van der Waals surface area (Å²) in [5.74, 6) is 0.799. The molecule has 0 aliphatic rings. The van der Waals surface area contributed by atoms with E-state index in [1.807, 2.05) is 30.3 Å². The van der Waals surface area contributed by atoms with Gasteiger partial charge in [0.15, 0.2) is 0 Å². The summed E-state index contributed by atoms with van der Waals surface area (Å²) < 4.78 is 4.66. The summed E-state index contributed by atoms with van der Waals surface area (Å²) in [6.07, 6.45) is 0. The van der Waals surface area contributed by atoms with Gasteiger partial charge in [0, 0.05) is 12.1 Å². The van der Waals surface area contributed by atoms with Gasteiger partial charge in [0.25, 0.3) is 6.79 Å². The minimum atomic E-state index is 0.799. The molecule has 0 unspecified atom stereocenters. The summed E-state index contributed by atoms with van der Waals surface area (Å²) in [6, 6.07) is 9.45. The van der Waals surface area contributed by atoms with E-state index >= 15 is 0 Å². The van der Waals surface area contributed by atoms with Gasteiger partial charge in [-0.15, -0.1) is 0 Å². The lowest BCUT2D eigenvalue weighted by molar-refractivity contribution is -0.354. The fourth-order valence-electron chi connectivity index (χ4n) is 0.517. The average molecular weight is 107 g/mol. The monoisotopic (exact) mass is 107 g/mol. The Hall–Kier alpha value is -1.11. The third-order valence-electron chi connectivity index (χ3n) is 0.910. The first kappa shape index (κ1) is 5.04. The highest BCUT2D eigenvalue weighted by Gasteiger charge is 1.90. The van der Waals surface area contributed by atoms with Crippen molar-refractivity contribution in [3.05, 3.63) is 30.3 Å². The Balaban J connectivity index is 2.99. The lowest BCUT2D eigenvalue weighted by atomic mass is 10.3. The van der Waals surface area contributed by atoms with Crippen LogP contribution in [0.2, 0.25) is 0 Å². The molecule has 0 spiro atoms. The molecule has 0 N–H and O–H groups in total. The first-order valence-corrected chi connectivity index (χ1v) is 2.40. The van der Waals surface area contributed by atoms with Crippen LogP contribution in [-0.4, -0.2) is 6.79 Å². The van der Waals surface area contributed by atoms with E-state index in [-0.39, 0.29) is 0 Å². The van der Waals surface area contributed by atoms with Crippen LogP contribution in [0.5, 0.6) is 5.75 Å². The Kier molecular flexibility index (Phi) is 1.42. The van der Waals surface area contributed by atoms with E-state index in [9.17, 15) is 0 Å². The summed E-state index contributed by atoms with van der Waals surface area (Å²) in [4.78, 5) is 0. The predicted octanol–water partition coefficient (Wildman–Crippen LogP) is 1.76. The van der Waals surface area contributed by atoms with Crippen LogP contribution in [0, 0.1) is 0 Å². The molecular weight excluding hydrogens is 100 g/mol. The Labute approximate surface area is 48.3 Å². The highest BCUT2D eigenvalue weighted by molar-refractivity contribution is 5.23. The molecule has 0 bridgehead atoms. The van der Waals surface area contributed by atoms with Crippen LogP contribution in [-0.2, 0) is 4.42 Å². The van der Waals surface area contributed by atoms with Crippen molar-refractivity contribution in [3.63, 3.8) is 0 Å². The molecule has 0 saturated carbocycles. The molecule has 1 nitrogen and oxygen atoms in total. The number of rotatable bonds is 1. The van der Waals surface area contributed by atoms with Crippen molar-refractivity contribution in [2.75, 3.05) is 0 Å². The van der Waals surface area contributed by atoms with E-state index < -0.39 is 0 Å². The van der Waals surface area contributed by atoms with Gasteiger partial charge < -0.3 is 0 Å². The van der Waals surface area contributed by atoms with Gasteiger partial charge >= 0.3 is 5.75 Å². The molecule has 0 amide bonds. The topological polar surface area (TPSA) is 11.3 Å². The zero-order chi connectivity index (χ0) is 5.82. The number of hydrogen-bond acceptors (Lipinski definition) is 0. The van der Waals surface area contributed by atoms with Crippen LogP contribution in [0.15, 0.2) is 30.3 Å². The Bertz CT molecular complexity index is 167. The minimum Gasteiger partial charge on any atom is -0.224 e. The summed E-state index contributed by atoms with van der Waals surface area (Å²) in [6.45, 7) is 3.26. The normalized spacial score (nSPS) is 8.50. The largest absolute Gasteiger partial charge is 0.351 e. The molecule has 40 valence electrons. The van der Waals surface area contributed by atoms with Crippen molar-refractivity contribution < 1.29 is 4.42 Å². The first-order valence-electron chi connectivity index (χ1n) is 2.40. The Morgan fingerprint density at radius 2 is 1.75 bits per heavy atom. The lowest BCUT2D eigenvalue weighted by Gasteiger charge is -1.74. The second kappa shape index (κ2) is 2.26. The van der Waals surface area contributed by atoms with Gasteiger partial charge in [-0.2, -0.15) is 0 Å². The molecule has 8 heavy (non-hydrogen) atoms. The van der Waals surface area contributed by atoms with Crippen molar-refractivity contribution in [2.24, 2.45) is 0 Å². The van der Waals surface area contributed by atoms with Crippen LogP contribution in [0.3, 0.4) is 0 Å². The van der Waals surface area contributed by atoms with Crippen LogP contribution in [0.1, 0.15) is 0 Å². The van der Waals surface area contributed by atoms with Gasteiger partial charge in [-0.25, -0.2) is 4.42 Å². The van der Waals surface area contributed by atoms with Crippen molar-refractivity contribution in [2.45, 2.75) is 0 Å². The molecule has 0 fully saturated rings. The lowest BCUT2D eigenvalue weighted by Crippen LogP contribution is -1.60. The summed E-state index contributed by atoms with van der Waals surface area (Å²) in [7, 11) is 0. The smallest absolute Gasteiger partial charge is 0.224 e. The SMILES string of the molecule is C=[O+]c1ccccc1. The minimum absolute atomic E-state index is 0.799. The van der Waals surface area contributed by atoms with Gasteiger partial charge in [0.05, 0.1) is 0 Å². The maximum atomic E-state index is 4.66. The van der Waals surface area contributed by atoms with E-state index in [4.69, 9.17) is 0 Å². The highest BCUT2D eigenvalue weighted by atomic mass is 16.4. The zero-order valence-electron chi connectivity index (χ0n) is 4.50. The Morgan fingerprint density at radius 1 is 1.12 bits per heavy atom. The van der Waals surface area contributed by atoms with E-state index in [1.54, 1.807) is 0 Å². The number of hydrogen-bond donors (Lipinski definition) is 0. The molecule has 0 aliphatic carbocycles. The molecule has 0 saturated heterocycles. The summed E-state index contributed by atoms with van der Waals surface area (Å²) in [5, 5.41) is 0. The molecule has 1 aromatic carbocycles. The molecule has 0 radical (unpaired) electrons. The van der Waals surface area contributed by atoms with E-state index in [2.05, 4.69) is 11.2 Å². The molecular formula is C7H7O+. The van der Waals surface area contributed by atoms with Crippen molar-refractivity contribution in [1.29, 1.82) is 0 Å². The maximum Gasteiger partial charge on any atom is 0.351 e. The Morgan fingerprint density at radius 3 is 2.12 bits per heavy atom. The molecule has 1 rings (SSSR count). The van der Waals surface area contributed by atoms with Crippen molar-refractivity contribution in [3.8, 4) is 5.75 Å². The molecule has 0 heterocycles. The summed E-state index contributed by atoms with van der Waals surface area (Å²) >= 11 is 0. The third kappa shape index (κ3) is 0.936. The van der Waals surface area contributed by atoms with Crippen LogP contribution in [0.4, 0.5) is 0 Å². The fourth-order valence-corrected chi connectivity index (χ4v) is 0.517. The van der Waals surface area contributed by atoms with Gasteiger partial charge in [-0.05, 0) is 0 Å². The molecule has 1 aromatic rings. The number of carbonyl (C=O) groups excluding carboxylic acids is 1. The predicted molar refractivity (Wildman–Crippen MR) is 33.0 cm³/mol. The molecule has 0 aliphatic heterocycles. The van der Waals surface area contributed by atoms with Crippen molar-refractivity contribution >= 4 is 6.79 Å². The molecule has 0 atom stereocenters. The van der Waals surface area contributed by atoms with Crippen LogP contribution in [0.25, 0.3) is 0 Å². The van der Waals surface area contributed by atoms with Gasteiger partial charge in [0.1, 0.15) is 0 Å².